The zero-order chi connectivity index (χ0) is 17.3. The van der Waals surface area contributed by atoms with Gasteiger partial charge in [0.25, 0.3) is 0 Å². The molecule has 0 unspecified atom stereocenters. The molecule has 5 nitrogen and oxygen atoms in total. The summed E-state index contributed by atoms with van der Waals surface area (Å²) in [6, 6.07) is 7.13. The predicted molar refractivity (Wildman–Crippen MR) is 81.5 cm³/mol. The summed E-state index contributed by atoms with van der Waals surface area (Å²) in [4.78, 5) is 27.4. The molecule has 1 aromatic carbocycles. The van der Waals surface area contributed by atoms with E-state index in [2.05, 4.69) is 5.32 Å². The van der Waals surface area contributed by atoms with Gasteiger partial charge in [0.05, 0.1) is 12.5 Å². The number of piperazine rings is 1. The molecule has 1 N–H and O–H groups in total. The van der Waals surface area contributed by atoms with Gasteiger partial charge in [0, 0.05) is 38.3 Å². The van der Waals surface area contributed by atoms with E-state index in [1.54, 1.807) is 29.2 Å². The zero-order valence-electron chi connectivity index (χ0n) is 13.0. The van der Waals surface area contributed by atoms with E-state index in [4.69, 9.17) is 0 Å². The van der Waals surface area contributed by atoms with Crippen molar-refractivity contribution >= 4 is 17.5 Å². The molecule has 2 heterocycles. The maximum atomic E-state index is 12.8. The number of halogens is 3. The van der Waals surface area contributed by atoms with Crippen LogP contribution in [0.5, 0.6) is 0 Å². The van der Waals surface area contributed by atoms with Crippen molar-refractivity contribution in [3.05, 3.63) is 29.8 Å². The standard InChI is InChI=1S/C16H18F3N3O2/c17-16(18,19)10-21-5-7-22(8-6-21)15(24)12-9-14(23)20-13-4-2-1-3-11(12)13/h1-4,12H,5-10H2,(H,20,23)/t12-/m1/s1. The van der Waals surface area contributed by atoms with Gasteiger partial charge in [-0.1, -0.05) is 18.2 Å². The second-order valence-corrected chi connectivity index (χ2v) is 6.11. The van der Waals surface area contributed by atoms with Gasteiger partial charge in [-0.25, -0.2) is 0 Å². The molecule has 1 atom stereocenters. The predicted octanol–water partition coefficient (Wildman–Crippen LogP) is 1.82. The summed E-state index contributed by atoms with van der Waals surface area (Å²) in [5, 5.41) is 2.74. The Kier molecular flexibility index (Phi) is 4.49. The van der Waals surface area contributed by atoms with E-state index >= 15 is 0 Å². The Morgan fingerprint density at radius 1 is 1.17 bits per heavy atom. The van der Waals surface area contributed by atoms with Gasteiger partial charge in [-0.2, -0.15) is 13.2 Å². The molecule has 0 bridgehead atoms. The number of fused-ring (bicyclic) bond motifs is 1. The number of hydrogen-bond acceptors (Lipinski definition) is 3. The molecular weight excluding hydrogens is 323 g/mol. The van der Waals surface area contributed by atoms with Crippen molar-refractivity contribution in [1.29, 1.82) is 0 Å². The van der Waals surface area contributed by atoms with E-state index in [1.807, 2.05) is 0 Å². The molecule has 8 heteroatoms. The maximum Gasteiger partial charge on any atom is 0.401 e. The number of para-hydroxylation sites is 1. The van der Waals surface area contributed by atoms with Crippen LogP contribution in [0.15, 0.2) is 24.3 Å². The quantitative estimate of drug-likeness (QED) is 0.893. The largest absolute Gasteiger partial charge is 0.401 e. The fraction of sp³-hybridized carbons (Fsp3) is 0.500. The van der Waals surface area contributed by atoms with E-state index in [1.165, 1.54) is 4.90 Å². The molecule has 24 heavy (non-hydrogen) atoms. The van der Waals surface area contributed by atoms with E-state index in [9.17, 15) is 22.8 Å². The number of rotatable bonds is 2. The number of hydrogen-bond donors (Lipinski definition) is 1. The van der Waals surface area contributed by atoms with Crippen LogP contribution in [-0.4, -0.2) is 60.5 Å². The highest BCUT2D eigenvalue weighted by atomic mass is 19.4. The van der Waals surface area contributed by atoms with Gasteiger partial charge in [-0.3, -0.25) is 14.5 Å². The van der Waals surface area contributed by atoms with Crippen LogP contribution in [0.4, 0.5) is 18.9 Å². The number of nitrogens with zero attached hydrogens (tertiary/aromatic N) is 2. The second-order valence-electron chi connectivity index (χ2n) is 6.11. The van der Waals surface area contributed by atoms with Crippen LogP contribution in [-0.2, 0) is 9.59 Å². The first kappa shape index (κ1) is 16.8. The molecule has 2 aliphatic heterocycles. The monoisotopic (exact) mass is 341 g/mol. The molecule has 130 valence electrons. The zero-order valence-corrected chi connectivity index (χ0v) is 13.0. The molecule has 1 saturated heterocycles. The van der Waals surface area contributed by atoms with Gasteiger partial charge in [0.1, 0.15) is 0 Å². The van der Waals surface area contributed by atoms with Crippen molar-refractivity contribution < 1.29 is 22.8 Å². The number of nitrogens with one attached hydrogen (secondary N) is 1. The normalized spacial score (nSPS) is 22.0. The molecule has 2 aliphatic rings. The van der Waals surface area contributed by atoms with Crippen LogP contribution in [0.25, 0.3) is 0 Å². The molecule has 1 fully saturated rings. The summed E-state index contributed by atoms with van der Waals surface area (Å²) in [5.74, 6) is -0.976. The SMILES string of the molecule is O=C1C[C@@H](C(=O)N2CCN(CC(F)(F)F)CC2)c2ccccc2N1. The highest BCUT2D eigenvalue weighted by Gasteiger charge is 2.36. The van der Waals surface area contributed by atoms with Crippen molar-refractivity contribution in [2.24, 2.45) is 0 Å². The summed E-state index contributed by atoms with van der Waals surface area (Å²) in [6.07, 6.45) is -4.16. The Bertz CT molecular complexity index is 640. The molecule has 1 aromatic rings. The number of carbonyl (C=O) groups is 2. The highest BCUT2D eigenvalue weighted by Crippen LogP contribution is 2.33. The van der Waals surface area contributed by atoms with E-state index in [-0.39, 0.29) is 44.4 Å². The highest BCUT2D eigenvalue weighted by molar-refractivity contribution is 6.01. The van der Waals surface area contributed by atoms with Crippen LogP contribution in [0.2, 0.25) is 0 Å². The number of anilines is 1. The second kappa shape index (κ2) is 6.43. The van der Waals surface area contributed by atoms with Gasteiger partial charge < -0.3 is 10.2 Å². The van der Waals surface area contributed by atoms with Crippen molar-refractivity contribution in [2.45, 2.75) is 18.5 Å². The first-order valence-electron chi connectivity index (χ1n) is 7.80. The van der Waals surface area contributed by atoms with Crippen LogP contribution in [0.1, 0.15) is 17.9 Å². The van der Waals surface area contributed by atoms with E-state index in [0.717, 1.165) is 5.56 Å². The number of benzene rings is 1. The smallest absolute Gasteiger partial charge is 0.340 e. The van der Waals surface area contributed by atoms with Crippen molar-refractivity contribution in [3.63, 3.8) is 0 Å². The van der Waals surface area contributed by atoms with Crippen LogP contribution in [0, 0.1) is 0 Å². The molecule has 3 rings (SSSR count). The Morgan fingerprint density at radius 2 is 1.83 bits per heavy atom. The van der Waals surface area contributed by atoms with Gasteiger partial charge in [-0.15, -0.1) is 0 Å². The minimum absolute atomic E-state index is 0.0681. The Labute approximate surface area is 137 Å². The van der Waals surface area contributed by atoms with E-state index in [0.29, 0.717) is 5.69 Å². The van der Waals surface area contributed by atoms with E-state index < -0.39 is 18.6 Å². The lowest BCUT2D eigenvalue weighted by molar-refractivity contribution is -0.152. The minimum atomic E-state index is -4.23. The third kappa shape index (κ3) is 3.69. The first-order chi connectivity index (χ1) is 11.3. The molecule has 0 radical (unpaired) electrons. The third-order valence-electron chi connectivity index (χ3n) is 4.38. The van der Waals surface area contributed by atoms with Gasteiger partial charge in [-0.05, 0) is 11.6 Å². The molecule has 0 spiro atoms. The summed E-state index contributed by atoms with van der Waals surface area (Å²) in [5.41, 5.74) is 1.39. The van der Waals surface area contributed by atoms with Gasteiger partial charge in [0.2, 0.25) is 11.8 Å². The van der Waals surface area contributed by atoms with Crippen LogP contribution >= 0.6 is 0 Å². The van der Waals surface area contributed by atoms with Crippen molar-refractivity contribution in [2.75, 3.05) is 38.0 Å². The lowest BCUT2D eigenvalue weighted by atomic mass is 9.89. The number of carbonyl (C=O) groups excluding carboxylic acids is 2. The lowest BCUT2D eigenvalue weighted by Crippen LogP contribution is -2.52. The molecule has 2 amide bonds. The molecule has 0 aliphatic carbocycles. The fourth-order valence-electron chi connectivity index (χ4n) is 3.23. The summed E-state index contributed by atoms with van der Waals surface area (Å²) in [7, 11) is 0. The summed E-state index contributed by atoms with van der Waals surface area (Å²) in [6.45, 7) is -0.0915. The van der Waals surface area contributed by atoms with Crippen LogP contribution in [0.3, 0.4) is 0 Å². The Hall–Kier alpha value is -2.09. The number of amides is 2. The van der Waals surface area contributed by atoms with Gasteiger partial charge in [0.15, 0.2) is 0 Å². The average molecular weight is 341 g/mol. The summed E-state index contributed by atoms with van der Waals surface area (Å²) >= 11 is 0. The average Bonchev–Trinajstić information content (AvgIpc) is 2.52. The molecule has 0 aromatic heterocycles. The lowest BCUT2D eigenvalue weighted by Gasteiger charge is -2.37. The minimum Gasteiger partial charge on any atom is -0.340 e. The van der Waals surface area contributed by atoms with Crippen molar-refractivity contribution in [3.8, 4) is 0 Å². The van der Waals surface area contributed by atoms with Crippen molar-refractivity contribution in [1.82, 2.24) is 9.80 Å². The Balaban J connectivity index is 1.67. The molecule has 0 saturated carbocycles. The van der Waals surface area contributed by atoms with Crippen LogP contribution < -0.4 is 5.32 Å². The third-order valence-corrected chi connectivity index (χ3v) is 4.38. The topological polar surface area (TPSA) is 52.7 Å². The first-order valence-corrected chi connectivity index (χ1v) is 7.80. The van der Waals surface area contributed by atoms with Gasteiger partial charge >= 0.3 is 6.18 Å². The fourth-order valence-corrected chi connectivity index (χ4v) is 3.23. The molecular formula is C16H18F3N3O2. The summed E-state index contributed by atoms with van der Waals surface area (Å²) < 4.78 is 37.3. The maximum absolute atomic E-state index is 12.8. The number of alkyl halides is 3. The Morgan fingerprint density at radius 3 is 2.50 bits per heavy atom.